The predicted molar refractivity (Wildman–Crippen MR) is 105 cm³/mol. The summed E-state index contributed by atoms with van der Waals surface area (Å²) in [5.74, 6) is 0.681. The van der Waals surface area contributed by atoms with Gasteiger partial charge >= 0.3 is 0 Å². The van der Waals surface area contributed by atoms with Crippen LogP contribution >= 0.6 is 0 Å². The third kappa shape index (κ3) is 4.68. The van der Waals surface area contributed by atoms with Crippen molar-refractivity contribution in [1.82, 2.24) is 10.2 Å². The van der Waals surface area contributed by atoms with E-state index in [-0.39, 0.29) is 17.7 Å². The molecule has 0 atom stereocenters. The third-order valence-electron chi connectivity index (χ3n) is 5.04. The van der Waals surface area contributed by atoms with Gasteiger partial charge in [-0.1, -0.05) is 12.1 Å². The highest BCUT2D eigenvalue weighted by molar-refractivity contribution is 5.94. The summed E-state index contributed by atoms with van der Waals surface area (Å²) in [6.07, 6.45) is 1.30. The van der Waals surface area contributed by atoms with Gasteiger partial charge in [0, 0.05) is 31.1 Å². The number of nitriles is 1. The minimum Gasteiger partial charge on any atom is -0.497 e. The van der Waals surface area contributed by atoms with E-state index in [1.54, 1.807) is 36.3 Å². The number of hydrogen-bond acceptors (Lipinski definition) is 4. The molecule has 6 nitrogen and oxygen atoms in total. The maximum atomic E-state index is 12.6. The number of rotatable bonds is 5. The number of nitrogens with one attached hydrogen (secondary N) is 1. The van der Waals surface area contributed by atoms with Gasteiger partial charge in [0.05, 0.1) is 18.7 Å². The van der Waals surface area contributed by atoms with Crippen LogP contribution in [0.1, 0.15) is 34.3 Å². The highest BCUT2D eigenvalue weighted by Crippen LogP contribution is 2.20. The quantitative estimate of drug-likeness (QED) is 0.869. The minimum atomic E-state index is -0.0803. The number of likely N-dealkylation sites (tertiary alicyclic amines) is 1. The molecule has 1 heterocycles. The summed E-state index contributed by atoms with van der Waals surface area (Å²) in [7, 11) is 1.62. The second-order valence-corrected chi connectivity index (χ2v) is 6.82. The predicted octanol–water partition coefficient (Wildman–Crippen LogP) is 2.74. The van der Waals surface area contributed by atoms with E-state index in [0.29, 0.717) is 43.6 Å². The Morgan fingerprint density at radius 2 is 1.75 bits per heavy atom. The van der Waals surface area contributed by atoms with Crippen molar-refractivity contribution in [2.24, 2.45) is 5.92 Å². The molecule has 6 heteroatoms. The summed E-state index contributed by atoms with van der Waals surface area (Å²) in [5, 5.41) is 11.8. The first-order valence-corrected chi connectivity index (χ1v) is 9.31. The molecule has 0 aromatic heterocycles. The second-order valence-electron chi connectivity index (χ2n) is 6.82. The number of amides is 2. The standard InChI is InChI=1S/C22H23N3O3/c1-28-20-8-4-17(5-9-20)15-24-21(26)18-10-12-25(13-11-18)22(27)19-6-2-16(14-23)3-7-19/h2-9,18H,10-13,15H2,1H3,(H,24,26). The first-order chi connectivity index (χ1) is 13.6. The number of methoxy groups -OCH3 is 1. The van der Waals surface area contributed by atoms with Crippen LogP contribution < -0.4 is 10.1 Å². The maximum Gasteiger partial charge on any atom is 0.253 e. The zero-order valence-electron chi connectivity index (χ0n) is 15.9. The van der Waals surface area contributed by atoms with E-state index in [4.69, 9.17) is 10.00 Å². The van der Waals surface area contributed by atoms with E-state index < -0.39 is 0 Å². The largest absolute Gasteiger partial charge is 0.497 e. The summed E-state index contributed by atoms with van der Waals surface area (Å²) in [4.78, 5) is 26.8. The van der Waals surface area contributed by atoms with Crippen LogP contribution in [0.3, 0.4) is 0 Å². The molecule has 1 saturated heterocycles. The van der Waals surface area contributed by atoms with Gasteiger partial charge < -0.3 is 15.0 Å². The van der Waals surface area contributed by atoms with E-state index in [1.165, 1.54) is 0 Å². The Hall–Kier alpha value is -3.33. The van der Waals surface area contributed by atoms with Crippen molar-refractivity contribution in [2.45, 2.75) is 19.4 Å². The van der Waals surface area contributed by atoms with E-state index in [0.717, 1.165) is 11.3 Å². The Bertz CT molecular complexity index is 861. The number of carbonyl (C=O) groups excluding carboxylic acids is 2. The molecule has 0 unspecified atom stereocenters. The molecule has 2 amide bonds. The molecule has 1 fully saturated rings. The molecule has 144 valence electrons. The Labute approximate surface area is 164 Å². The van der Waals surface area contributed by atoms with Crippen LogP contribution in [0, 0.1) is 17.2 Å². The van der Waals surface area contributed by atoms with Crippen molar-refractivity contribution in [3.63, 3.8) is 0 Å². The Balaban J connectivity index is 1.47. The van der Waals surface area contributed by atoms with Gasteiger partial charge in [-0.15, -0.1) is 0 Å². The van der Waals surface area contributed by atoms with Crippen LogP contribution in [0.15, 0.2) is 48.5 Å². The van der Waals surface area contributed by atoms with Gasteiger partial charge in [0.1, 0.15) is 5.75 Å². The van der Waals surface area contributed by atoms with Gasteiger partial charge in [-0.25, -0.2) is 0 Å². The van der Waals surface area contributed by atoms with Gasteiger partial charge in [0.15, 0.2) is 0 Å². The molecular weight excluding hydrogens is 354 g/mol. The zero-order chi connectivity index (χ0) is 19.9. The van der Waals surface area contributed by atoms with Crippen LogP contribution in [0.5, 0.6) is 5.75 Å². The molecule has 1 aliphatic heterocycles. The molecule has 3 rings (SSSR count). The molecule has 0 saturated carbocycles. The van der Waals surface area contributed by atoms with E-state index in [1.807, 2.05) is 30.3 Å². The average Bonchev–Trinajstić information content (AvgIpc) is 2.77. The molecule has 0 aliphatic carbocycles. The molecule has 1 aliphatic rings. The molecule has 28 heavy (non-hydrogen) atoms. The van der Waals surface area contributed by atoms with Crippen molar-refractivity contribution in [3.05, 3.63) is 65.2 Å². The highest BCUT2D eigenvalue weighted by Gasteiger charge is 2.27. The Morgan fingerprint density at radius 3 is 2.32 bits per heavy atom. The topological polar surface area (TPSA) is 82.4 Å². The summed E-state index contributed by atoms with van der Waals surface area (Å²) in [5.41, 5.74) is 2.12. The number of hydrogen-bond donors (Lipinski definition) is 1. The number of piperidine rings is 1. The zero-order valence-corrected chi connectivity index (χ0v) is 15.9. The first-order valence-electron chi connectivity index (χ1n) is 9.31. The van der Waals surface area contributed by atoms with Crippen LogP contribution in [-0.2, 0) is 11.3 Å². The normalized spacial score (nSPS) is 14.2. The van der Waals surface area contributed by atoms with E-state index in [2.05, 4.69) is 5.32 Å². The molecule has 0 radical (unpaired) electrons. The minimum absolute atomic E-state index is 0.0290. The molecule has 0 bridgehead atoms. The fourth-order valence-electron chi connectivity index (χ4n) is 3.29. The third-order valence-corrected chi connectivity index (χ3v) is 5.04. The van der Waals surface area contributed by atoms with Crippen molar-refractivity contribution < 1.29 is 14.3 Å². The number of ether oxygens (including phenoxy) is 1. The van der Waals surface area contributed by atoms with Crippen LogP contribution in [0.4, 0.5) is 0 Å². The lowest BCUT2D eigenvalue weighted by atomic mass is 9.95. The number of benzene rings is 2. The SMILES string of the molecule is COc1ccc(CNC(=O)C2CCN(C(=O)c3ccc(C#N)cc3)CC2)cc1. The monoisotopic (exact) mass is 377 g/mol. The van der Waals surface area contributed by atoms with Crippen LogP contribution in [0.2, 0.25) is 0 Å². The summed E-state index contributed by atoms with van der Waals surface area (Å²) >= 11 is 0. The fourth-order valence-corrected chi connectivity index (χ4v) is 3.29. The lowest BCUT2D eigenvalue weighted by Gasteiger charge is -2.31. The second kappa shape index (κ2) is 9.05. The number of nitrogens with zero attached hydrogens (tertiary/aromatic N) is 2. The highest BCUT2D eigenvalue weighted by atomic mass is 16.5. The van der Waals surface area contributed by atoms with Gasteiger partial charge in [0.2, 0.25) is 5.91 Å². The Morgan fingerprint density at radius 1 is 1.11 bits per heavy atom. The van der Waals surface area contributed by atoms with Crippen molar-refractivity contribution in [1.29, 1.82) is 5.26 Å². The average molecular weight is 377 g/mol. The van der Waals surface area contributed by atoms with Crippen molar-refractivity contribution >= 4 is 11.8 Å². The molecule has 0 spiro atoms. The summed E-state index contributed by atoms with van der Waals surface area (Å²) < 4.78 is 5.13. The van der Waals surface area contributed by atoms with Crippen molar-refractivity contribution in [3.8, 4) is 11.8 Å². The van der Waals surface area contributed by atoms with Gasteiger partial charge in [-0.3, -0.25) is 9.59 Å². The maximum absolute atomic E-state index is 12.6. The van der Waals surface area contributed by atoms with E-state index >= 15 is 0 Å². The van der Waals surface area contributed by atoms with E-state index in [9.17, 15) is 9.59 Å². The van der Waals surface area contributed by atoms with Gasteiger partial charge in [-0.2, -0.15) is 5.26 Å². The summed E-state index contributed by atoms with van der Waals surface area (Å²) in [6, 6.07) is 16.3. The molecular formula is C22H23N3O3. The summed E-state index contributed by atoms with van der Waals surface area (Å²) in [6.45, 7) is 1.59. The van der Waals surface area contributed by atoms with Gasteiger partial charge in [-0.05, 0) is 54.8 Å². The molecule has 2 aromatic carbocycles. The molecule has 1 N–H and O–H groups in total. The smallest absolute Gasteiger partial charge is 0.253 e. The molecule has 2 aromatic rings. The fraction of sp³-hybridized carbons (Fsp3) is 0.318. The van der Waals surface area contributed by atoms with Gasteiger partial charge in [0.25, 0.3) is 5.91 Å². The lowest BCUT2D eigenvalue weighted by Crippen LogP contribution is -2.42. The first kappa shape index (κ1) is 19.4. The lowest BCUT2D eigenvalue weighted by molar-refractivity contribution is -0.126. The number of carbonyl (C=O) groups is 2. The van der Waals surface area contributed by atoms with Crippen LogP contribution in [-0.4, -0.2) is 36.9 Å². The van der Waals surface area contributed by atoms with Crippen molar-refractivity contribution in [2.75, 3.05) is 20.2 Å². The Kier molecular flexibility index (Phi) is 6.28. The van der Waals surface area contributed by atoms with Crippen LogP contribution in [0.25, 0.3) is 0 Å².